The highest BCUT2D eigenvalue weighted by atomic mass is 16.5. The van der Waals surface area contributed by atoms with Gasteiger partial charge in [0.25, 0.3) is 0 Å². The van der Waals surface area contributed by atoms with E-state index in [-0.39, 0.29) is 0 Å². The lowest BCUT2D eigenvalue weighted by atomic mass is 10.0. The molecule has 27 heavy (non-hydrogen) atoms. The molecule has 8 heteroatoms. The van der Waals surface area contributed by atoms with Crippen LogP contribution in [-0.4, -0.2) is 53.5 Å². The Morgan fingerprint density at radius 2 is 1.74 bits per heavy atom. The molecule has 8 nitrogen and oxygen atoms in total. The van der Waals surface area contributed by atoms with Crippen LogP contribution < -0.4 is 19.7 Å². The predicted octanol–water partition coefficient (Wildman–Crippen LogP) is 2.52. The van der Waals surface area contributed by atoms with Crippen molar-refractivity contribution in [3.8, 4) is 11.5 Å². The third-order valence-electron chi connectivity index (χ3n) is 4.84. The van der Waals surface area contributed by atoms with Gasteiger partial charge in [0, 0.05) is 42.3 Å². The Morgan fingerprint density at radius 1 is 1.04 bits per heavy atom. The van der Waals surface area contributed by atoms with Gasteiger partial charge in [-0.15, -0.1) is 5.10 Å². The number of rotatable bonds is 5. The van der Waals surface area contributed by atoms with Crippen LogP contribution in [0.4, 0.5) is 11.8 Å². The van der Waals surface area contributed by atoms with Crippen molar-refractivity contribution in [2.75, 3.05) is 37.5 Å². The smallest absolute Gasteiger partial charge is 0.222 e. The van der Waals surface area contributed by atoms with E-state index < -0.39 is 0 Å². The van der Waals surface area contributed by atoms with Crippen LogP contribution in [0, 0.1) is 0 Å². The van der Waals surface area contributed by atoms with Crippen LogP contribution in [0.25, 0.3) is 10.8 Å². The van der Waals surface area contributed by atoms with Gasteiger partial charge in [-0.25, -0.2) is 9.97 Å². The average Bonchev–Trinajstić information content (AvgIpc) is 2.73. The summed E-state index contributed by atoms with van der Waals surface area (Å²) in [6, 6.07) is 6.07. The molecule has 1 aromatic carbocycles. The first-order valence-electron chi connectivity index (χ1n) is 8.94. The zero-order valence-corrected chi connectivity index (χ0v) is 15.4. The normalized spacial score (nSPS) is 15.0. The second-order valence-corrected chi connectivity index (χ2v) is 6.44. The number of hydrogen-bond acceptors (Lipinski definition) is 8. The van der Waals surface area contributed by atoms with Crippen molar-refractivity contribution >= 4 is 22.5 Å². The lowest BCUT2D eigenvalue weighted by Crippen LogP contribution is -2.40. The highest BCUT2D eigenvalue weighted by Crippen LogP contribution is 2.35. The molecule has 0 bridgehead atoms. The van der Waals surface area contributed by atoms with Gasteiger partial charge in [0.15, 0.2) is 17.3 Å². The summed E-state index contributed by atoms with van der Waals surface area (Å²) < 4.78 is 10.8. The number of hydrogen-bond donors (Lipinski definition) is 1. The molecule has 1 saturated heterocycles. The van der Waals surface area contributed by atoms with E-state index in [1.807, 2.05) is 18.2 Å². The van der Waals surface area contributed by atoms with Crippen molar-refractivity contribution in [3.63, 3.8) is 0 Å². The molecule has 1 aliphatic heterocycles. The Morgan fingerprint density at radius 3 is 2.44 bits per heavy atom. The second-order valence-electron chi connectivity index (χ2n) is 6.44. The summed E-state index contributed by atoms with van der Waals surface area (Å²) in [4.78, 5) is 10.8. The molecular formula is C19H22N6O2. The van der Waals surface area contributed by atoms with Crippen molar-refractivity contribution in [2.45, 2.75) is 18.9 Å². The fourth-order valence-corrected chi connectivity index (χ4v) is 3.42. The molecule has 0 aliphatic carbocycles. The third kappa shape index (κ3) is 3.55. The number of fused-ring (bicyclic) bond motifs is 1. The molecule has 1 aliphatic rings. The number of nitrogens with one attached hydrogen (secondary N) is 1. The summed E-state index contributed by atoms with van der Waals surface area (Å²) in [6.07, 6.45) is 7.20. The molecule has 140 valence electrons. The molecule has 3 heterocycles. The quantitative estimate of drug-likeness (QED) is 0.737. The van der Waals surface area contributed by atoms with Crippen LogP contribution in [0.1, 0.15) is 12.8 Å². The summed E-state index contributed by atoms with van der Waals surface area (Å²) in [5.41, 5.74) is 0. The molecule has 0 amide bonds. The van der Waals surface area contributed by atoms with E-state index in [9.17, 15) is 0 Å². The first-order chi connectivity index (χ1) is 13.3. The average molecular weight is 366 g/mol. The van der Waals surface area contributed by atoms with E-state index >= 15 is 0 Å². The standard InChI is InChI=1S/C19H22N6O2/c1-26-16-10-13-12-22-24-18(15(13)11-17(16)27-2)25-8-4-14(5-9-25)23-19-20-6-3-7-21-19/h3,6-7,10-12,14H,4-5,8-9H2,1-2H3,(H,20,21,23). The molecule has 0 radical (unpaired) electrons. The fraction of sp³-hybridized carbons (Fsp3) is 0.368. The topological polar surface area (TPSA) is 85.3 Å². The van der Waals surface area contributed by atoms with Crippen LogP contribution in [0.3, 0.4) is 0 Å². The number of aromatic nitrogens is 4. The highest BCUT2D eigenvalue weighted by Gasteiger charge is 2.23. The van der Waals surface area contributed by atoms with Crippen LogP contribution in [0.2, 0.25) is 0 Å². The van der Waals surface area contributed by atoms with Gasteiger partial charge in [0.2, 0.25) is 5.95 Å². The fourth-order valence-electron chi connectivity index (χ4n) is 3.42. The predicted molar refractivity (Wildman–Crippen MR) is 104 cm³/mol. The van der Waals surface area contributed by atoms with Crippen LogP contribution in [-0.2, 0) is 0 Å². The molecule has 1 N–H and O–H groups in total. The van der Waals surface area contributed by atoms with E-state index in [0.717, 1.165) is 42.5 Å². The van der Waals surface area contributed by atoms with Crippen molar-refractivity contribution in [1.82, 2.24) is 20.2 Å². The van der Waals surface area contributed by atoms with E-state index in [2.05, 4.69) is 30.4 Å². The van der Waals surface area contributed by atoms with Gasteiger partial charge < -0.3 is 19.7 Å². The maximum Gasteiger partial charge on any atom is 0.222 e. The number of piperidine rings is 1. The van der Waals surface area contributed by atoms with Crippen LogP contribution in [0.15, 0.2) is 36.8 Å². The van der Waals surface area contributed by atoms with Crippen molar-refractivity contribution in [3.05, 3.63) is 36.8 Å². The van der Waals surface area contributed by atoms with Gasteiger partial charge in [0.1, 0.15) is 0 Å². The minimum atomic E-state index is 0.348. The van der Waals surface area contributed by atoms with Gasteiger partial charge in [-0.05, 0) is 31.0 Å². The highest BCUT2D eigenvalue weighted by molar-refractivity contribution is 5.94. The minimum Gasteiger partial charge on any atom is -0.493 e. The lowest BCUT2D eigenvalue weighted by molar-refractivity contribution is 0.356. The number of nitrogens with zero attached hydrogens (tertiary/aromatic N) is 5. The van der Waals surface area contributed by atoms with E-state index in [4.69, 9.17) is 9.47 Å². The first-order valence-corrected chi connectivity index (χ1v) is 8.94. The maximum absolute atomic E-state index is 5.45. The monoisotopic (exact) mass is 366 g/mol. The van der Waals surface area contributed by atoms with E-state index in [1.165, 1.54) is 0 Å². The Bertz CT molecular complexity index is 913. The SMILES string of the molecule is COc1cc2cnnc(N3CCC(Nc4ncccn4)CC3)c2cc1OC. The molecular weight excluding hydrogens is 344 g/mol. The molecule has 3 aromatic rings. The summed E-state index contributed by atoms with van der Waals surface area (Å²) >= 11 is 0. The van der Waals surface area contributed by atoms with Crippen LogP contribution >= 0.6 is 0 Å². The van der Waals surface area contributed by atoms with Crippen LogP contribution in [0.5, 0.6) is 11.5 Å². The molecule has 0 saturated carbocycles. The van der Waals surface area contributed by atoms with Gasteiger partial charge in [-0.2, -0.15) is 5.10 Å². The zero-order chi connectivity index (χ0) is 18.6. The van der Waals surface area contributed by atoms with Crippen molar-refractivity contribution in [2.24, 2.45) is 0 Å². The molecule has 4 rings (SSSR count). The van der Waals surface area contributed by atoms with E-state index in [0.29, 0.717) is 23.5 Å². The molecule has 1 fully saturated rings. The number of benzene rings is 1. The Kier molecular flexibility index (Phi) is 4.86. The van der Waals surface area contributed by atoms with Gasteiger partial charge in [0.05, 0.1) is 20.4 Å². The molecule has 0 spiro atoms. The zero-order valence-electron chi connectivity index (χ0n) is 15.4. The Hall–Kier alpha value is -3.16. The lowest BCUT2D eigenvalue weighted by Gasteiger charge is -2.33. The summed E-state index contributed by atoms with van der Waals surface area (Å²) in [5.74, 6) is 2.94. The summed E-state index contributed by atoms with van der Waals surface area (Å²) in [5, 5.41) is 14.0. The summed E-state index contributed by atoms with van der Waals surface area (Å²) in [6.45, 7) is 1.76. The Labute approximate surface area is 157 Å². The van der Waals surface area contributed by atoms with E-state index in [1.54, 1.807) is 32.8 Å². The first kappa shape index (κ1) is 17.3. The third-order valence-corrected chi connectivity index (χ3v) is 4.84. The molecule has 0 unspecified atom stereocenters. The maximum atomic E-state index is 5.45. The Balaban J connectivity index is 1.53. The largest absolute Gasteiger partial charge is 0.493 e. The van der Waals surface area contributed by atoms with Crippen molar-refractivity contribution in [1.29, 1.82) is 0 Å². The molecule has 0 atom stereocenters. The minimum absolute atomic E-state index is 0.348. The number of anilines is 2. The number of ether oxygens (including phenoxy) is 2. The molecule has 2 aromatic heterocycles. The van der Waals surface area contributed by atoms with Crippen molar-refractivity contribution < 1.29 is 9.47 Å². The second kappa shape index (κ2) is 7.61. The number of methoxy groups -OCH3 is 2. The van der Waals surface area contributed by atoms with Gasteiger partial charge >= 0.3 is 0 Å². The van der Waals surface area contributed by atoms with Gasteiger partial charge in [-0.3, -0.25) is 0 Å². The van der Waals surface area contributed by atoms with Gasteiger partial charge in [-0.1, -0.05) is 0 Å². The summed E-state index contributed by atoms with van der Waals surface area (Å²) in [7, 11) is 3.27.